The van der Waals surface area contributed by atoms with Crippen LogP contribution in [0.15, 0.2) is 53.8 Å². The van der Waals surface area contributed by atoms with Crippen molar-refractivity contribution in [2.24, 2.45) is 0 Å². The molecule has 0 unspecified atom stereocenters. The van der Waals surface area contributed by atoms with Gasteiger partial charge in [-0.15, -0.1) is 0 Å². The van der Waals surface area contributed by atoms with Gasteiger partial charge in [0.1, 0.15) is 11.6 Å². The molecule has 0 spiro atoms. The van der Waals surface area contributed by atoms with Crippen molar-refractivity contribution in [1.29, 1.82) is 0 Å². The van der Waals surface area contributed by atoms with E-state index in [9.17, 15) is 13.2 Å². The van der Waals surface area contributed by atoms with Gasteiger partial charge >= 0.3 is 0 Å². The second kappa shape index (κ2) is 7.54. The Labute approximate surface area is 156 Å². The number of nitrogens with one attached hydrogen (secondary N) is 1. The molecule has 3 rings (SSSR count). The van der Waals surface area contributed by atoms with Crippen molar-refractivity contribution < 1.29 is 17.9 Å². The maximum atomic E-state index is 12.6. The van der Waals surface area contributed by atoms with Crippen LogP contribution >= 0.6 is 0 Å². The van der Waals surface area contributed by atoms with Crippen LogP contribution in [0, 0.1) is 6.92 Å². The highest BCUT2D eigenvalue weighted by atomic mass is 32.2. The van der Waals surface area contributed by atoms with Crippen molar-refractivity contribution >= 4 is 15.9 Å². The molecule has 2 heterocycles. The van der Waals surface area contributed by atoms with E-state index in [2.05, 4.69) is 20.4 Å². The number of methoxy groups -OCH3 is 1. The minimum Gasteiger partial charge on any atom is -0.497 e. The summed E-state index contributed by atoms with van der Waals surface area (Å²) in [7, 11) is -2.41. The molecule has 1 N–H and O–H groups in total. The van der Waals surface area contributed by atoms with Crippen LogP contribution in [-0.4, -0.2) is 40.6 Å². The molecular formula is C17H17N5O4S. The highest BCUT2D eigenvalue weighted by Crippen LogP contribution is 2.17. The lowest BCUT2D eigenvalue weighted by atomic mass is 10.3. The molecule has 1 aromatic carbocycles. The van der Waals surface area contributed by atoms with Crippen molar-refractivity contribution in [2.75, 3.05) is 7.11 Å². The number of nitrogens with zero attached hydrogens (tertiary/aromatic N) is 4. The topological polar surface area (TPSA) is 116 Å². The van der Waals surface area contributed by atoms with Crippen molar-refractivity contribution in [1.82, 2.24) is 24.5 Å². The van der Waals surface area contributed by atoms with Gasteiger partial charge in [-0.1, -0.05) is 0 Å². The number of benzene rings is 1. The maximum Gasteiger partial charge on any atom is 0.282 e. The van der Waals surface area contributed by atoms with Gasteiger partial charge in [-0.05, 0) is 42.8 Å². The van der Waals surface area contributed by atoms with E-state index in [1.807, 2.05) is 6.92 Å². The molecule has 0 fully saturated rings. The van der Waals surface area contributed by atoms with Gasteiger partial charge in [-0.2, -0.15) is 17.6 Å². The Balaban J connectivity index is 1.72. The largest absolute Gasteiger partial charge is 0.497 e. The Morgan fingerprint density at radius 3 is 2.44 bits per heavy atom. The van der Waals surface area contributed by atoms with Crippen LogP contribution in [0.3, 0.4) is 0 Å². The Morgan fingerprint density at radius 2 is 1.81 bits per heavy atom. The van der Waals surface area contributed by atoms with Crippen LogP contribution in [0.5, 0.6) is 5.75 Å². The van der Waals surface area contributed by atoms with Gasteiger partial charge in [0.25, 0.3) is 15.9 Å². The number of hydrogen-bond donors (Lipinski definition) is 1. The predicted molar refractivity (Wildman–Crippen MR) is 95.7 cm³/mol. The van der Waals surface area contributed by atoms with Crippen LogP contribution in [0.25, 0.3) is 0 Å². The zero-order chi connectivity index (χ0) is 19.4. The Morgan fingerprint density at radius 1 is 1.15 bits per heavy atom. The SMILES string of the molecule is COc1ccc(S(=O)(=O)n2ccc(C(=O)NCc3ncc(C)cn3)n2)cc1. The zero-order valence-electron chi connectivity index (χ0n) is 14.7. The zero-order valence-corrected chi connectivity index (χ0v) is 15.5. The summed E-state index contributed by atoms with van der Waals surface area (Å²) in [5.74, 6) is 0.454. The summed E-state index contributed by atoms with van der Waals surface area (Å²) in [4.78, 5) is 20.4. The molecule has 0 aliphatic rings. The number of carbonyl (C=O) groups is 1. The molecule has 0 bridgehead atoms. The summed E-state index contributed by atoms with van der Waals surface area (Å²) in [6, 6.07) is 7.21. The van der Waals surface area contributed by atoms with E-state index in [0.29, 0.717) is 11.6 Å². The smallest absolute Gasteiger partial charge is 0.282 e. The fraction of sp³-hybridized carbons (Fsp3) is 0.176. The highest BCUT2D eigenvalue weighted by Gasteiger charge is 2.20. The lowest BCUT2D eigenvalue weighted by Gasteiger charge is -2.05. The van der Waals surface area contributed by atoms with Crippen molar-refractivity contribution in [3.8, 4) is 5.75 Å². The van der Waals surface area contributed by atoms with Gasteiger partial charge in [0.2, 0.25) is 0 Å². The fourth-order valence-corrected chi connectivity index (χ4v) is 3.29. The molecule has 0 aliphatic heterocycles. The first-order valence-electron chi connectivity index (χ1n) is 7.91. The molecule has 0 saturated heterocycles. The molecule has 1 amide bonds. The van der Waals surface area contributed by atoms with E-state index < -0.39 is 15.9 Å². The first kappa shape index (κ1) is 18.5. The van der Waals surface area contributed by atoms with Crippen molar-refractivity contribution in [2.45, 2.75) is 18.4 Å². The summed E-state index contributed by atoms with van der Waals surface area (Å²) < 4.78 is 30.9. The normalized spacial score (nSPS) is 11.2. The maximum absolute atomic E-state index is 12.6. The quantitative estimate of drug-likeness (QED) is 0.674. The third-order valence-corrected chi connectivity index (χ3v) is 5.21. The average molecular weight is 387 g/mol. The number of ether oxygens (including phenoxy) is 1. The Hall–Kier alpha value is -3.27. The second-order valence-electron chi connectivity index (χ2n) is 5.61. The molecule has 10 heteroatoms. The van der Waals surface area contributed by atoms with E-state index in [1.54, 1.807) is 12.4 Å². The summed E-state index contributed by atoms with van der Waals surface area (Å²) in [6.45, 7) is 1.97. The van der Waals surface area contributed by atoms with Crippen LogP contribution in [-0.2, 0) is 16.6 Å². The molecule has 9 nitrogen and oxygen atoms in total. The number of hydrogen-bond acceptors (Lipinski definition) is 7. The number of aryl methyl sites for hydroxylation is 1. The van der Waals surface area contributed by atoms with Gasteiger partial charge in [0.05, 0.1) is 18.6 Å². The van der Waals surface area contributed by atoms with E-state index >= 15 is 0 Å². The molecule has 0 atom stereocenters. The van der Waals surface area contributed by atoms with Crippen LogP contribution in [0.2, 0.25) is 0 Å². The number of amides is 1. The molecule has 0 saturated carbocycles. The van der Waals surface area contributed by atoms with Gasteiger partial charge in [0.15, 0.2) is 5.69 Å². The van der Waals surface area contributed by atoms with Gasteiger partial charge in [-0.25, -0.2) is 9.97 Å². The monoisotopic (exact) mass is 387 g/mol. The second-order valence-corrected chi connectivity index (χ2v) is 7.41. The molecule has 0 aliphatic carbocycles. The number of rotatable bonds is 6. The summed E-state index contributed by atoms with van der Waals surface area (Å²) in [5.41, 5.74) is 0.881. The van der Waals surface area contributed by atoms with Crippen molar-refractivity contribution in [3.63, 3.8) is 0 Å². The molecule has 27 heavy (non-hydrogen) atoms. The summed E-state index contributed by atoms with van der Waals surface area (Å²) in [5, 5.41) is 6.48. The van der Waals surface area contributed by atoms with Crippen LogP contribution in [0.1, 0.15) is 21.9 Å². The molecular weight excluding hydrogens is 370 g/mol. The van der Waals surface area contributed by atoms with E-state index in [0.717, 1.165) is 9.65 Å². The highest BCUT2D eigenvalue weighted by molar-refractivity contribution is 7.89. The average Bonchev–Trinajstić information content (AvgIpc) is 3.18. The standard InChI is InChI=1S/C17H17N5O4S/c1-12-9-18-16(19-10-12)11-20-17(23)15-7-8-22(21-15)27(24,25)14-5-3-13(26-2)4-6-14/h3-10H,11H2,1-2H3,(H,20,23). The Kier molecular flexibility index (Phi) is 5.17. The fourth-order valence-electron chi connectivity index (χ4n) is 2.18. The third-order valence-electron chi connectivity index (χ3n) is 3.64. The minimum absolute atomic E-state index is 0.0285. The predicted octanol–water partition coefficient (Wildman–Crippen LogP) is 1.16. The third kappa shape index (κ3) is 4.11. The van der Waals surface area contributed by atoms with E-state index in [1.165, 1.54) is 43.6 Å². The molecule has 2 aromatic heterocycles. The first-order valence-corrected chi connectivity index (χ1v) is 9.35. The van der Waals surface area contributed by atoms with Gasteiger partial charge in [-0.3, -0.25) is 4.79 Å². The number of carbonyl (C=O) groups excluding carboxylic acids is 1. The van der Waals surface area contributed by atoms with Crippen LogP contribution < -0.4 is 10.1 Å². The van der Waals surface area contributed by atoms with Crippen molar-refractivity contribution in [3.05, 3.63) is 66.0 Å². The molecule has 0 radical (unpaired) electrons. The Bertz CT molecular complexity index is 1040. The summed E-state index contributed by atoms with van der Waals surface area (Å²) >= 11 is 0. The lowest BCUT2D eigenvalue weighted by molar-refractivity contribution is 0.0944. The molecule has 3 aromatic rings. The van der Waals surface area contributed by atoms with E-state index in [4.69, 9.17) is 4.74 Å². The number of aromatic nitrogens is 4. The van der Waals surface area contributed by atoms with Crippen LogP contribution in [0.4, 0.5) is 0 Å². The van der Waals surface area contributed by atoms with E-state index in [-0.39, 0.29) is 17.1 Å². The van der Waals surface area contributed by atoms with Gasteiger partial charge < -0.3 is 10.1 Å². The minimum atomic E-state index is -3.90. The summed E-state index contributed by atoms with van der Waals surface area (Å²) in [6.07, 6.45) is 4.51. The van der Waals surface area contributed by atoms with Gasteiger partial charge in [0, 0.05) is 18.6 Å². The first-order chi connectivity index (χ1) is 12.9. The lowest BCUT2D eigenvalue weighted by Crippen LogP contribution is -2.25. The molecule has 140 valence electrons.